The molecule has 1 atom stereocenters. The van der Waals surface area contributed by atoms with E-state index in [2.05, 4.69) is 45.5 Å². The highest BCUT2D eigenvalue weighted by Crippen LogP contribution is 2.41. The minimum Gasteiger partial charge on any atom is -0.487 e. The molecule has 1 unspecified atom stereocenters. The number of benzene rings is 3. The first-order valence-electron chi connectivity index (χ1n) is 9.63. The fourth-order valence-corrected chi connectivity index (χ4v) is 4.04. The van der Waals surface area contributed by atoms with Gasteiger partial charge in [0.05, 0.1) is 12.1 Å². The van der Waals surface area contributed by atoms with Gasteiger partial charge < -0.3 is 10.1 Å². The van der Waals surface area contributed by atoms with Crippen LogP contribution in [0.15, 0.2) is 83.4 Å². The molecule has 146 valence electrons. The smallest absolute Gasteiger partial charge is 0.228 e. The van der Waals surface area contributed by atoms with Gasteiger partial charge in [-0.2, -0.15) is 0 Å². The maximum Gasteiger partial charge on any atom is 0.228 e. The lowest BCUT2D eigenvalue weighted by atomic mass is 9.90. The average Bonchev–Trinajstić information content (AvgIpc) is 2.93. The predicted molar refractivity (Wildman–Crippen MR) is 121 cm³/mol. The van der Waals surface area contributed by atoms with Gasteiger partial charge in [-0.05, 0) is 30.2 Å². The third kappa shape index (κ3) is 4.60. The quantitative estimate of drug-likeness (QED) is 0.496. The van der Waals surface area contributed by atoms with Crippen LogP contribution in [0.25, 0.3) is 0 Å². The summed E-state index contributed by atoms with van der Waals surface area (Å²) < 4.78 is 6.94. The van der Waals surface area contributed by atoms with Crippen LogP contribution in [0.4, 0.5) is 5.69 Å². The highest BCUT2D eigenvalue weighted by atomic mass is 79.9. The average molecular weight is 448 g/mol. The number of hydrogen-bond acceptors (Lipinski definition) is 2. The summed E-state index contributed by atoms with van der Waals surface area (Å²) in [6.45, 7) is 2.51. The van der Waals surface area contributed by atoms with Gasteiger partial charge in [0.15, 0.2) is 0 Å². The topological polar surface area (TPSA) is 38.3 Å². The molecule has 0 bridgehead atoms. The Morgan fingerprint density at radius 3 is 2.62 bits per heavy atom. The van der Waals surface area contributed by atoms with Gasteiger partial charge in [-0.3, -0.25) is 4.79 Å². The molecule has 0 saturated heterocycles. The Balaban J connectivity index is 1.64. The summed E-state index contributed by atoms with van der Waals surface area (Å²) in [7, 11) is 0. The third-order valence-electron chi connectivity index (χ3n) is 4.99. The first-order valence-corrected chi connectivity index (χ1v) is 10.4. The monoisotopic (exact) mass is 447 g/mol. The van der Waals surface area contributed by atoms with E-state index in [4.69, 9.17) is 4.74 Å². The fourth-order valence-electron chi connectivity index (χ4n) is 3.56. The molecule has 1 aliphatic rings. The van der Waals surface area contributed by atoms with Crippen molar-refractivity contribution in [2.75, 3.05) is 11.9 Å². The van der Waals surface area contributed by atoms with Crippen LogP contribution in [0.5, 0.6) is 5.75 Å². The molecule has 3 aromatic carbocycles. The van der Waals surface area contributed by atoms with Crippen LogP contribution in [0.3, 0.4) is 0 Å². The molecular formula is C25H22BrNO2. The van der Waals surface area contributed by atoms with Gasteiger partial charge in [0.1, 0.15) is 12.4 Å². The Bertz CT molecular complexity index is 1040. The van der Waals surface area contributed by atoms with E-state index in [9.17, 15) is 4.79 Å². The van der Waals surface area contributed by atoms with Gasteiger partial charge in [-0.1, -0.05) is 88.2 Å². The molecule has 4 heteroatoms. The molecule has 3 nitrogen and oxygen atoms in total. The second-order valence-corrected chi connectivity index (χ2v) is 8.13. The minimum atomic E-state index is -0.0637. The molecule has 0 fully saturated rings. The van der Waals surface area contributed by atoms with Crippen LogP contribution in [0, 0.1) is 6.92 Å². The van der Waals surface area contributed by atoms with Crippen molar-refractivity contribution in [3.8, 4) is 5.75 Å². The molecular weight excluding hydrogens is 426 g/mol. The zero-order valence-electron chi connectivity index (χ0n) is 16.2. The molecule has 4 rings (SSSR count). The number of fused-ring (bicyclic) bond motifs is 1. The van der Waals surface area contributed by atoms with Crippen molar-refractivity contribution in [1.29, 1.82) is 0 Å². The Labute approximate surface area is 179 Å². The number of carbonyl (C=O) groups excluding carboxylic acids is 1. The van der Waals surface area contributed by atoms with E-state index in [1.54, 1.807) is 0 Å². The van der Waals surface area contributed by atoms with Crippen molar-refractivity contribution in [3.05, 3.63) is 106 Å². The lowest BCUT2D eigenvalue weighted by Crippen LogP contribution is -2.16. The summed E-state index contributed by atoms with van der Waals surface area (Å²) in [5, 5.41) is 3.05. The molecule has 29 heavy (non-hydrogen) atoms. The van der Waals surface area contributed by atoms with Gasteiger partial charge in [0.2, 0.25) is 5.91 Å². The number of amides is 1. The van der Waals surface area contributed by atoms with Crippen LogP contribution >= 0.6 is 15.9 Å². The van der Waals surface area contributed by atoms with Crippen molar-refractivity contribution in [1.82, 2.24) is 0 Å². The zero-order chi connectivity index (χ0) is 20.2. The maximum atomic E-state index is 12.7. The van der Waals surface area contributed by atoms with Crippen LogP contribution in [0.2, 0.25) is 0 Å². The number of carbonyl (C=O) groups is 1. The number of rotatable bonds is 4. The van der Waals surface area contributed by atoms with Crippen LogP contribution in [-0.4, -0.2) is 12.5 Å². The van der Waals surface area contributed by atoms with E-state index < -0.39 is 0 Å². The summed E-state index contributed by atoms with van der Waals surface area (Å²) >= 11 is 3.60. The van der Waals surface area contributed by atoms with E-state index in [1.807, 2.05) is 61.5 Å². The lowest BCUT2D eigenvalue weighted by molar-refractivity contribution is -0.115. The normalized spacial score (nSPS) is 15.2. The summed E-state index contributed by atoms with van der Waals surface area (Å²) in [6.07, 6.45) is 4.51. The number of aryl methyl sites for hydroxylation is 1. The molecule has 1 amide bonds. The van der Waals surface area contributed by atoms with Gasteiger partial charge in [-0.15, -0.1) is 0 Å². The molecule has 1 aliphatic heterocycles. The number of anilines is 1. The third-order valence-corrected chi connectivity index (χ3v) is 5.45. The van der Waals surface area contributed by atoms with E-state index in [-0.39, 0.29) is 11.8 Å². The molecule has 0 radical (unpaired) electrons. The second kappa shape index (κ2) is 8.66. The molecule has 1 heterocycles. The first-order chi connectivity index (χ1) is 14.1. The SMILES string of the molecule is Cc1ccc(CC(=O)Nc2cc(Br)cc3c2OCC=CC3c2ccccc2)cc1. The highest BCUT2D eigenvalue weighted by molar-refractivity contribution is 9.10. The van der Waals surface area contributed by atoms with Crippen molar-refractivity contribution in [2.24, 2.45) is 0 Å². The standard InChI is InChI=1S/C25H22BrNO2/c1-17-9-11-18(12-10-17)14-24(28)27-23-16-20(26)15-22-21(8-5-13-29-25(22)23)19-6-3-2-4-7-19/h2-12,15-16,21H,13-14H2,1H3,(H,27,28). The highest BCUT2D eigenvalue weighted by Gasteiger charge is 2.22. The Morgan fingerprint density at radius 2 is 1.86 bits per heavy atom. The predicted octanol–water partition coefficient (Wildman–Crippen LogP) is 6.02. The molecule has 3 aromatic rings. The van der Waals surface area contributed by atoms with Gasteiger partial charge in [0, 0.05) is 16.0 Å². The number of hydrogen-bond donors (Lipinski definition) is 1. The molecule has 0 saturated carbocycles. The molecule has 0 aliphatic carbocycles. The Kier molecular flexibility index (Phi) is 5.81. The van der Waals surface area contributed by atoms with E-state index >= 15 is 0 Å². The number of allylic oxidation sites excluding steroid dienone is 1. The van der Waals surface area contributed by atoms with Gasteiger partial charge in [0.25, 0.3) is 0 Å². The number of nitrogens with one attached hydrogen (secondary N) is 1. The Hall–Kier alpha value is -2.85. The van der Waals surface area contributed by atoms with Crippen LogP contribution in [0.1, 0.15) is 28.2 Å². The van der Waals surface area contributed by atoms with Crippen molar-refractivity contribution in [2.45, 2.75) is 19.3 Å². The van der Waals surface area contributed by atoms with E-state index in [0.717, 1.165) is 21.3 Å². The maximum absolute atomic E-state index is 12.7. The van der Waals surface area contributed by atoms with Crippen LogP contribution in [-0.2, 0) is 11.2 Å². The molecule has 0 aromatic heterocycles. The van der Waals surface area contributed by atoms with Crippen molar-refractivity contribution in [3.63, 3.8) is 0 Å². The number of ether oxygens (including phenoxy) is 1. The zero-order valence-corrected chi connectivity index (χ0v) is 17.8. The first kappa shape index (κ1) is 19.5. The second-order valence-electron chi connectivity index (χ2n) is 7.21. The minimum absolute atomic E-state index is 0.0637. The van der Waals surface area contributed by atoms with Crippen molar-refractivity contribution < 1.29 is 9.53 Å². The fraction of sp³-hybridized carbons (Fsp3) is 0.160. The van der Waals surface area contributed by atoms with Gasteiger partial charge >= 0.3 is 0 Å². The summed E-state index contributed by atoms with van der Waals surface area (Å²) in [6, 6.07) is 22.3. The number of halogens is 1. The van der Waals surface area contributed by atoms with E-state index in [0.29, 0.717) is 18.7 Å². The summed E-state index contributed by atoms with van der Waals surface area (Å²) in [5.41, 5.74) is 5.07. The van der Waals surface area contributed by atoms with E-state index in [1.165, 1.54) is 11.1 Å². The summed E-state index contributed by atoms with van der Waals surface area (Å²) in [4.78, 5) is 12.7. The Morgan fingerprint density at radius 1 is 1.10 bits per heavy atom. The molecule has 1 N–H and O–H groups in total. The molecule has 0 spiro atoms. The van der Waals surface area contributed by atoms with Crippen molar-refractivity contribution >= 4 is 27.5 Å². The van der Waals surface area contributed by atoms with Gasteiger partial charge in [-0.25, -0.2) is 0 Å². The van der Waals surface area contributed by atoms with Crippen LogP contribution < -0.4 is 10.1 Å². The largest absolute Gasteiger partial charge is 0.487 e. The summed E-state index contributed by atoms with van der Waals surface area (Å²) in [5.74, 6) is 0.731. The lowest BCUT2D eigenvalue weighted by Gasteiger charge is -2.19.